The number of hydrogen-bond donors (Lipinski definition) is 0. The van der Waals surface area contributed by atoms with E-state index in [0.717, 1.165) is 53.1 Å². The summed E-state index contributed by atoms with van der Waals surface area (Å²) < 4.78 is 24.4. The first-order valence-corrected chi connectivity index (χ1v) is 10.1. The molecule has 0 radical (unpaired) electrons. The molecule has 0 N–H and O–H groups in total. The molecule has 3 aromatic rings. The van der Waals surface area contributed by atoms with E-state index in [1.54, 1.807) is 6.20 Å². The molecule has 1 aliphatic heterocycles. The van der Waals surface area contributed by atoms with Gasteiger partial charge in [0.2, 0.25) is 0 Å². The van der Waals surface area contributed by atoms with Gasteiger partial charge in [0.1, 0.15) is 0 Å². The molecule has 5 nitrogen and oxygen atoms in total. The van der Waals surface area contributed by atoms with E-state index < -0.39 is 16.6 Å². The first-order chi connectivity index (χ1) is 12.2. The Morgan fingerprint density at radius 3 is 2.36 bits per heavy atom. The molecule has 0 bridgehead atoms. The van der Waals surface area contributed by atoms with Crippen LogP contribution in [-0.2, 0) is 10.8 Å². The molecule has 0 amide bonds. The Labute approximate surface area is 151 Å². The highest BCUT2D eigenvalue weighted by Crippen LogP contribution is 2.31. The molecule has 8 heteroatoms. The van der Waals surface area contributed by atoms with Gasteiger partial charge >= 0.3 is 0 Å². The van der Waals surface area contributed by atoms with Crippen LogP contribution in [0.15, 0.2) is 42.9 Å². The molecular weight excluding hydrogens is 359 g/mol. The van der Waals surface area contributed by atoms with Gasteiger partial charge in [0.25, 0.3) is 0 Å². The van der Waals surface area contributed by atoms with Crippen molar-refractivity contribution in [2.75, 3.05) is 29.5 Å². The van der Waals surface area contributed by atoms with E-state index in [-0.39, 0.29) is 0 Å². The van der Waals surface area contributed by atoms with Crippen LogP contribution in [0.1, 0.15) is 0 Å². The van der Waals surface area contributed by atoms with Gasteiger partial charge in [-0.2, -0.15) is 0 Å². The summed E-state index contributed by atoms with van der Waals surface area (Å²) in [6.45, 7) is 1.66. The maximum Gasteiger partial charge on any atom is 0.188 e. The first kappa shape index (κ1) is 16.3. The minimum atomic E-state index is -0.669. The van der Waals surface area contributed by atoms with Gasteiger partial charge < -0.3 is 4.90 Å². The van der Waals surface area contributed by atoms with Crippen LogP contribution in [-0.4, -0.2) is 43.8 Å². The number of aromatic nitrogens is 3. The smallest absolute Gasteiger partial charge is 0.188 e. The van der Waals surface area contributed by atoms with Gasteiger partial charge in [-0.1, -0.05) is 12.1 Å². The lowest BCUT2D eigenvalue weighted by Gasteiger charge is -2.28. The van der Waals surface area contributed by atoms with Gasteiger partial charge in [-0.3, -0.25) is 4.21 Å². The summed E-state index contributed by atoms with van der Waals surface area (Å²) in [5.41, 5.74) is 2.21. The summed E-state index contributed by atoms with van der Waals surface area (Å²) in [6, 6.07) is 8.28. The fraction of sp³-hybridized carbons (Fsp3) is 0.235. The molecule has 2 aromatic heterocycles. The van der Waals surface area contributed by atoms with Crippen LogP contribution in [0.25, 0.3) is 21.3 Å². The van der Waals surface area contributed by atoms with Crippen LogP contribution in [0, 0.1) is 5.82 Å². The van der Waals surface area contributed by atoms with Crippen molar-refractivity contribution < 1.29 is 8.60 Å². The first-order valence-electron chi connectivity index (χ1n) is 7.83. The lowest BCUT2D eigenvalue weighted by Crippen LogP contribution is -2.37. The number of nitrogens with zero attached hydrogens (tertiary/aromatic N) is 4. The maximum absolute atomic E-state index is 12.9. The third-order valence-corrected chi connectivity index (χ3v) is 6.33. The molecule has 1 aromatic carbocycles. The highest BCUT2D eigenvalue weighted by Gasteiger charge is 2.16. The summed E-state index contributed by atoms with van der Waals surface area (Å²) in [6.07, 6.45) is 4.07. The molecular formula is C17H15FN4OS2. The molecule has 3 heterocycles. The number of thiazole rings is 1. The minimum absolute atomic E-state index is 0.426. The van der Waals surface area contributed by atoms with Gasteiger partial charge in [-0.05, 0) is 17.7 Å². The Balaban J connectivity index is 1.52. The zero-order valence-electron chi connectivity index (χ0n) is 13.3. The van der Waals surface area contributed by atoms with E-state index in [1.807, 2.05) is 0 Å². The van der Waals surface area contributed by atoms with Crippen molar-refractivity contribution in [1.29, 1.82) is 0 Å². The number of rotatable bonds is 3. The lowest BCUT2D eigenvalue weighted by molar-refractivity contribution is 0.614. The predicted molar refractivity (Wildman–Crippen MR) is 98.6 cm³/mol. The van der Waals surface area contributed by atoms with Crippen molar-refractivity contribution in [3.8, 4) is 21.3 Å². The zero-order valence-corrected chi connectivity index (χ0v) is 14.9. The Hall–Kier alpha value is -2.19. The van der Waals surface area contributed by atoms with E-state index in [4.69, 9.17) is 0 Å². The largest absolute Gasteiger partial charge is 0.370 e. The van der Waals surface area contributed by atoms with Crippen molar-refractivity contribution in [1.82, 2.24) is 15.0 Å². The molecule has 25 heavy (non-hydrogen) atoms. The number of halogens is 1. The predicted octanol–water partition coefficient (Wildman–Crippen LogP) is 2.97. The monoisotopic (exact) mass is 374 g/mol. The summed E-state index contributed by atoms with van der Waals surface area (Å²) in [5.74, 6) is 1.43. The molecule has 0 atom stereocenters. The normalized spacial score (nSPS) is 15.5. The fourth-order valence-corrected chi connectivity index (χ4v) is 4.59. The van der Waals surface area contributed by atoms with E-state index in [1.165, 1.54) is 11.3 Å². The quantitative estimate of drug-likeness (QED) is 0.705. The Bertz CT molecular complexity index is 886. The number of hydrogen-bond acceptors (Lipinski definition) is 6. The third kappa shape index (κ3) is 3.59. The molecule has 0 aliphatic carbocycles. The molecule has 128 valence electrons. The number of benzene rings is 1. The van der Waals surface area contributed by atoms with Crippen molar-refractivity contribution in [3.05, 3.63) is 48.7 Å². The van der Waals surface area contributed by atoms with E-state index in [0.29, 0.717) is 10.8 Å². The maximum atomic E-state index is 12.9. The second kappa shape index (κ2) is 6.97. The van der Waals surface area contributed by atoms with Crippen LogP contribution in [0.5, 0.6) is 0 Å². The highest BCUT2D eigenvalue weighted by atomic mass is 32.2. The van der Waals surface area contributed by atoms with Gasteiger partial charge in [-0.15, -0.1) is 11.3 Å². The summed E-state index contributed by atoms with van der Waals surface area (Å²) in [4.78, 5) is 15.5. The van der Waals surface area contributed by atoms with Gasteiger partial charge in [-0.25, -0.2) is 19.3 Å². The lowest BCUT2D eigenvalue weighted by atomic mass is 10.2. The van der Waals surface area contributed by atoms with Crippen LogP contribution < -0.4 is 4.90 Å². The molecule has 0 saturated carbocycles. The molecule has 1 saturated heterocycles. The molecule has 0 unspecified atom stereocenters. The zero-order chi connectivity index (χ0) is 17.2. The molecule has 4 rings (SSSR count). The number of anilines is 1. The molecule has 1 aliphatic rings. The van der Waals surface area contributed by atoms with Crippen molar-refractivity contribution in [3.63, 3.8) is 0 Å². The summed E-state index contributed by atoms with van der Waals surface area (Å²) >= 11 is 1.47. The van der Waals surface area contributed by atoms with Crippen molar-refractivity contribution in [2.45, 2.75) is 0 Å². The molecule has 1 fully saturated rings. The van der Waals surface area contributed by atoms with Gasteiger partial charge in [0.05, 0.1) is 17.3 Å². The molecule has 0 spiro atoms. The Morgan fingerprint density at radius 1 is 1.00 bits per heavy atom. The standard InChI is InChI=1S/C17H15FN4OS2/c18-13-9-19-16(20-10-13)17-21-11-15(24-17)12-1-3-14(4-2-12)22-5-7-25(23)8-6-22/h1-4,9-11H,5-8H2. The highest BCUT2D eigenvalue weighted by molar-refractivity contribution is 7.85. The Kier molecular flexibility index (Phi) is 4.54. The second-order valence-electron chi connectivity index (χ2n) is 5.64. The van der Waals surface area contributed by atoms with Crippen LogP contribution in [0.2, 0.25) is 0 Å². The van der Waals surface area contributed by atoms with E-state index >= 15 is 0 Å². The summed E-state index contributed by atoms with van der Waals surface area (Å²) in [7, 11) is -0.669. The van der Waals surface area contributed by atoms with Crippen molar-refractivity contribution in [2.24, 2.45) is 0 Å². The van der Waals surface area contributed by atoms with E-state index in [9.17, 15) is 8.60 Å². The van der Waals surface area contributed by atoms with Gasteiger partial charge in [0, 0.05) is 47.3 Å². The van der Waals surface area contributed by atoms with Gasteiger partial charge in [0.15, 0.2) is 16.6 Å². The van der Waals surface area contributed by atoms with Crippen LogP contribution >= 0.6 is 11.3 Å². The topological polar surface area (TPSA) is 59.0 Å². The minimum Gasteiger partial charge on any atom is -0.370 e. The van der Waals surface area contributed by atoms with Crippen molar-refractivity contribution >= 4 is 27.8 Å². The van der Waals surface area contributed by atoms with E-state index in [2.05, 4.69) is 44.1 Å². The van der Waals surface area contributed by atoms with Crippen LogP contribution in [0.3, 0.4) is 0 Å². The summed E-state index contributed by atoms with van der Waals surface area (Å²) in [5, 5.41) is 0.664. The second-order valence-corrected chi connectivity index (χ2v) is 8.36. The average Bonchev–Trinajstić information content (AvgIpc) is 3.13. The third-order valence-electron chi connectivity index (χ3n) is 4.01. The fourth-order valence-electron chi connectivity index (χ4n) is 2.67. The SMILES string of the molecule is O=S1CCN(c2ccc(-c3cnc(-c4ncc(F)cn4)s3)cc2)CC1. The Morgan fingerprint density at radius 2 is 1.68 bits per heavy atom. The van der Waals surface area contributed by atoms with Crippen LogP contribution in [0.4, 0.5) is 10.1 Å². The average molecular weight is 374 g/mol.